The Balaban J connectivity index is 3.02. The topological polar surface area (TPSA) is 92.7 Å². The second kappa shape index (κ2) is 6.62. The van der Waals surface area contributed by atoms with Crippen LogP contribution in [0.2, 0.25) is 0 Å². The summed E-state index contributed by atoms with van der Waals surface area (Å²) in [6.07, 6.45) is 0. The number of carboxylic acids is 1. The second-order valence-corrected chi connectivity index (χ2v) is 5.58. The molecule has 0 bridgehead atoms. The first-order valence-corrected chi connectivity index (χ1v) is 7.22. The largest absolute Gasteiger partial charge is 0.478 e. The van der Waals surface area contributed by atoms with Crippen LogP contribution in [0.25, 0.3) is 0 Å². The molecule has 0 saturated heterocycles. The number of hydrogen-bond donors (Lipinski definition) is 2. The highest BCUT2D eigenvalue weighted by molar-refractivity contribution is 7.92. The Bertz CT molecular complexity index is 603. The van der Waals surface area contributed by atoms with E-state index in [0.29, 0.717) is 18.7 Å². The lowest BCUT2D eigenvalue weighted by Gasteiger charge is -2.11. The van der Waals surface area contributed by atoms with Gasteiger partial charge in [0.1, 0.15) is 0 Å². The molecule has 0 spiro atoms. The highest BCUT2D eigenvalue weighted by Crippen LogP contribution is 2.21. The van der Waals surface area contributed by atoms with E-state index < -0.39 is 44.6 Å². The van der Waals surface area contributed by atoms with Gasteiger partial charge in [0.05, 0.1) is 23.6 Å². The zero-order chi connectivity index (χ0) is 15.3. The number of sulfonamides is 1. The maximum absolute atomic E-state index is 13.1. The first kappa shape index (κ1) is 16.3. The van der Waals surface area contributed by atoms with Gasteiger partial charge in [-0.25, -0.2) is 22.0 Å². The van der Waals surface area contributed by atoms with Crippen LogP contribution in [0.5, 0.6) is 0 Å². The van der Waals surface area contributed by atoms with Crippen LogP contribution in [0.3, 0.4) is 0 Å². The molecule has 0 atom stereocenters. The van der Waals surface area contributed by atoms with Crippen molar-refractivity contribution in [1.29, 1.82) is 0 Å². The molecule has 0 unspecified atom stereocenters. The molecule has 0 fully saturated rings. The Morgan fingerprint density at radius 1 is 1.35 bits per heavy atom. The summed E-state index contributed by atoms with van der Waals surface area (Å²) in [5.41, 5.74) is -1.21. The predicted molar refractivity (Wildman–Crippen MR) is 67.2 cm³/mol. The van der Waals surface area contributed by atoms with Gasteiger partial charge in [-0.2, -0.15) is 0 Å². The summed E-state index contributed by atoms with van der Waals surface area (Å²) in [5, 5.41) is 8.84. The van der Waals surface area contributed by atoms with Crippen LogP contribution in [0.4, 0.5) is 14.5 Å². The number of rotatable bonds is 7. The molecule has 20 heavy (non-hydrogen) atoms. The van der Waals surface area contributed by atoms with E-state index in [-0.39, 0.29) is 6.61 Å². The van der Waals surface area contributed by atoms with Crippen molar-refractivity contribution in [3.63, 3.8) is 0 Å². The molecule has 1 aromatic rings. The SMILES string of the molecule is CCOCCS(=O)(=O)Nc1cc(F)c(F)cc1C(=O)O. The van der Waals surface area contributed by atoms with Gasteiger partial charge in [0.25, 0.3) is 0 Å². The number of carbonyl (C=O) groups is 1. The molecular formula is C11H13F2NO5S. The van der Waals surface area contributed by atoms with Gasteiger partial charge in [-0.15, -0.1) is 0 Å². The molecule has 0 saturated carbocycles. The minimum atomic E-state index is -3.92. The second-order valence-electron chi connectivity index (χ2n) is 3.73. The van der Waals surface area contributed by atoms with Crippen molar-refractivity contribution in [2.45, 2.75) is 6.92 Å². The monoisotopic (exact) mass is 309 g/mol. The lowest BCUT2D eigenvalue weighted by Crippen LogP contribution is -2.22. The standard InChI is InChI=1S/C11H13F2NO5S/c1-2-19-3-4-20(17,18)14-10-6-9(13)8(12)5-7(10)11(15)16/h5-6,14H,2-4H2,1H3,(H,15,16). The van der Waals surface area contributed by atoms with Crippen molar-refractivity contribution in [2.75, 3.05) is 23.7 Å². The van der Waals surface area contributed by atoms with Gasteiger partial charge >= 0.3 is 5.97 Å². The lowest BCUT2D eigenvalue weighted by molar-refractivity contribution is 0.0697. The first-order chi connectivity index (χ1) is 9.26. The molecule has 0 aliphatic carbocycles. The van der Waals surface area contributed by atoms with Crippen LogP contribution in [-0.4, -0.2) is 38.5 Å². The van der Waals surface area contributed by atoms with Gasteiger partial charge in [-0.05, 0) is 13.0 Å². The quantitative estimate of drug-likeness (QED) is 0.744. The van der Waals surface area contributed by atoms with Crippen molar-refractivity contribution in [1.82, 2.24) is 0 Å². The van der Waals surface area contributed by atoms with Gasteiger partial charge in [0.2, 0.25) is 10.0 Å². The molecule has 0 amide bonds. The normalized spacial score (nSPS) is 11.3. The fraction of sp³-hybridized carbons (Fsp3) is 0.364. The number of carboxylic acid groups (broad SMARTS) is 1. The van der Waals surface area contributed by atoms with Crippen molar-refractivity contribution >= 4 is 21.7 Å². The summed E-state index contributed by atoms with van der Waals surface area (Å²) in [5.74, 6) is -4.73. The molecule has 0 radical (unpaired) electrons. The van der Waals surface area contributed by atoms with Crippen LogP contribution in [0, 0.1) is 11.6 Å². The number of ether oxygens (including phenoxy) is 1. The third kappa shape index (κ3) is 4.42. The van der Waals surface area contributed by atoms with Crippen LogP contribution in [-0.2, 0) is 14.8 Å². The molecule has 2 N–H and O–H groups in total. The average molecular weight is 309 g/mol. The van der Waals surface area contributed by atoms with Crippen molar-refractivity contribution in [3.05, 3.63) is 29.3 Å². The fourth-order valence-electron chi connectivity index (χ4n) is 1.34. The maximum atomic E-state index is 13.1. The van der Waals surface area contributed by atoms with Crippen molar-refractivity contribution < 1.29 is 31.8 Å². The van der Waals surface area contributed by atoms with E-state index in [1.165, 1.54) is 0 Å². The Hall–Kier alpha value is -1.74. The molecule has 112 valence electrons. The van der Waals surface area contributed by atoms with Crippen LogP contribution in [0.1, 0.15) is 17.3 Å². The van der Waals surface area contributed by atoms with Crippen LogP contribution in [0.15, 0.2) is 12.1 Å². The Morgan fingerprint density at radius 3 is 2.50 bits per heavy atom. The number of nitrogens with one attached hydrogen (secondary N) is 1. The van der Waals surface area contributed by atoms with E-state index in [1.807, 2.05) is 4.72 Å². The minimum absolute atomic E-state index is 0.0993. The number of anilines is 1. The van der Waals surface area contributed by atoms with E-state index in [1.54, 1.807) is 6.92 Å². The van der Waals surface area contributed by atoms with E-state index in [2.05, 4.69) is 0 Å². The smallest absolute Gasteiger partial charge is 0.337 e. The molecule has 1 aromatic carbocycles. The highest BCUT2D eigenvalue weighted by Gasteiger charge is 2.19. The molecule has 0 aliphatic heterocycles. The van der Waals surface area contributed by atoms with Gasteiger partial charge in [-0.1, -0.05) is 0 Å². The summed E-state index contributed by atoms with van der Waals surface area (Å²) in [6, 6.07) is 0.898. The summed E-state index contributed by atoms with van der Waals surface area (Å²) in [6.45, 7) is 1.90. The molecule has 0 aliphatic rings. The molecule has 0 heterocycles. The highest BCUT2D eigenvalue weighted by atomic mass is 32.2. The van der Waals surface area contributed by atoms with Gasteiger partial charge < -0.3 is 9.84 Å². The molecule has 9 heteroatoms. The molecule has 0 aromatic heterocycles. The lowest BCUT2D eigenvalue weighted by atomic mass is 10.2. The van der Waals surface area contributed by atoms with Crippen LogP contribution < -0.4 is 4.72 Å². The van der Waals surface area contributed by atoms with E-state index >= 15 is 0 Å². The van der Waals surface area contributed by atoms with Crippen LogP contribution >= 0.6 is 0 Å². The summed E-state index contributed by atoms with van der Waals surface area (Å²) in [7, 11) is -3.92. The van der Waals surface area contributed by atoms with Gasteiger partial charge in [0.15, 0.2) is 11.6 Å². The molecule has 1 rings (SSSR count). The predicted octanol–water partition coefficient (Wildman–Crippen LogP) is 1.44. The Kier molecular flexibility index (Phi) is 5.40. The molecule has 6 nitrogen and oxygen atoms in total. The van der Waals surface area contributed by atoms with Gasteiger partial charge in [-0.3, -0.25) is 4.72 Å². The zero-order valence-electron chi connectivity index (χ0n) is 10.5. The average Bonchev–Trinajstić information content (AvgIpc) is 2.33. The Labute approximate surface area is 114 Å². The number of aromatic carboxylic acids is 1. The number of hydrogen-bond acceptors (Lipinski definition) is 4. The molecular weight excluding hydrogens is 296 g/mol. The minimum Gasteiger partial charge on any atom is -0.478 e. The van der Waals surface area contributed by atoms with E-state index in [9.17, 15) is 22.0 Å². The maximum Gasteiger partial charge on any atom is 0.337 e. The summed E-state index contributed by atoms with van der Waals surface area (Å²) in [4.78, 5) is 10.9. The van der Waals surface area contributed by atoms with Crippen molar-refractivity contribution in [3.8, 4) is 0 Å². The third-order valence-electron chi connectivity index (χ3n) is 2.26. The van der Waals surface area contributed by atoms with E-state index in [0.717, 1.165) is 0 Å². The number of benzene rings is 1. The summed E-state index contributed by atoms with van der Waals surface area (Å²) < 4.78 is 56.1. The Morgan fingerprint density at radius 2 is 1.95 bits per heavy atom. The number of halogens is 2. The zero-order valence-corrected chi connectivity index (χ0v) is 11.3. The van der Waals surface area contributed by atoms with E-state index in [4.69, 9.17) is 9.84 Å². The van der Waals surface area contributed by atoms with Crippen molar-refractivity contribution in [2.24, 2.45) is 0 Å². The third-order valence-corrected chi connectivity index (χ3v) is 3.49. The fourth-order valence-corrected chi connectivity index (χ4v) is 2.28. The van der Waals surface area contributed by atoms with Gasteiger partial charge in [0, 0.05) is 12.7 Å². The summed E-state index contributed by atoms with van der Waals surface area (Å²) >= 11 is 0. The first-order valence-electron chi connectivity index (χ1n) is 5.57.